The minimum absolute atomic E-state index is 0.0140. The smallest absolute Gasteiger partial charge is 0.453 e. The molecule has 1 heterocycles. The number of nitrogens with one attached hydrogen (secondary N) is 1. The molecule has 0 bridgehead atoms. The van der Waals surface area contributed by atoms with Crippen molar-refractivity contribution in [2.24, 2.45) is 11.8 Å². The van der Waals surface area contributed by atoms with Crippen molar-refractivity contribution in [1.82, 2.24) is 5.32 Å². The van der Waals surface area contributed by atoms with E-state index in [2.05, 4.69) is 5.32 Å². The minimum atomic E-state index is -2.31. The fourth-order valence-corrected chi connectivity index (χ4v) is 6.62. The van der Waals surface area contributed by atoms with Crippen LogP contribution in [0.15, 0.2) is 42.5 Å². The van der Waals surface area contributed by atoms with Crippen LogP contribution in [-0.2, 0) is 25.5 Å². The minimum Gasteiger partial charge on any atom is -0.459 e. The highest BCUT2D eigenvalue weighted by molar-refractivity contribution is 6.30. The van der Waals surface area contributed by atoms with Crippen molar-refractivity contribution in [3.8, 4) is 11.5 Å². The van der Waals surface area contributed by atoms with Crippen LogP contribution in [0.3, 0.4) is 0 Å². The first-order valence-corrected chi connectivity index (χ1v) is 16.2. The Morgan fingerprint density at radius 2 is 1.53 bits per heavy atom. The van der Waals surface area contributed by atoms with E-state index in [0.717, 1.165) is 49.7 Å². The van der Waals surface area contributed by atoms with E-state index in [-0.39, 0.29) is 19.3 Å². The molecule has 2 saturated carbocycles. The van der Waals surface area contributed by atoms with Gasteiger partial charge in [-0.15, -0.1) is 0 Å². The van der Waals surface area contributed by atoms with Gasteiger partial charge in [0, 0.05) is 17.6 Å². The number of hydrogen-bond acceptors (Lipinski definition) is 8. The van der Waals surface area contributed by atoms with Gasteiger partial charge in [0.15, 0.2) is 11.5 Å². The van der Waals surface area contributed by atoms with Crippen LogP contribution in [0.2, 0.25) is 5.02 Å². The number of rotatable bonds is 14. The Hall–Kier alpha value is -2.81. The van der Waals surface area contributed by atoms with Crippen molar-refractivity contribution >= 4 is 23.5 Å². The molecule has 8 nitrogen and oxygen atoms in total. The topological polar surface area (TPSA) is 103 Å². The van der Waals surface area contributed by atoms with Gasteiger partial charge in [-0.05, 0) is 73.4 Å². The van der Waals surface area contributed by atoms with E-state index in [1.54, 1.807) is 24.3 Å². The average Bonchev–Trinajstić information content (AvgIpc) is 3.78. The molecule has 2 N–H and O–H groups in total. The lowest BCUT2D eigenvalue weighted by Gasteiger charge is -2.24. The number of halogens is 1. The van der Waals surface area contributed by atoms with Gasteiger partial charge in [0.2, 0.25) is 0 Å². The van der Waals surface area contributed by atoms with Crippen LogP contribution in [0, 0.1) is 11.8 Å². The normalized spacial score (nSPS) is 19.3. The molecule has 0 saturated heterocycles. The van der Waals surface area contributed by atoms with E-state index in [1.807, 2.05) is 25.1 Å². The van der Waals surface area contributed by atoms with Gasteiger partial charge in [-0.3, -0.25) is 0 Å². The summed E-state index contributed by atoms with van der Waals surface area (Å²) in [7, 11) is 0. The quantitative estimate of drug-likeness (QED) is 0.189. The molecule has 2 aromatic rings. The first-order valence-electron chi connectivity index (χ1n) is 15.8. The molecular formula is C34H44ClNO7. The predicted octanol–water partition coefficient (Wildman–Crippen LogP) is 6.31. The lowest BCUT2D eigenvalue weighted by Crippen LogP contribution is -2.56. The summed E-state index contributed by atoms with van der Waals surface area (Å²) < 4.78 is 23.1. The second-order valence-electron chi connectivity index (χ2n) is 12.3. The largest absolute Gasteiger partial charge is 0.459 e. The van der Waals surface area contributed by atoms with Gasteiger partial charge in [0.1, 0.15) is 0 Å². The lowest BCUT2D eigenvalue weighted by molar-refractivity contribution is -0.203. The summed E-state index contributed by atoms with van der Waals surface area (Å²) in [5.41, 5.74) is 1.66. The van der Waals surface area contributed by atoms with Gasteiger partial charge >= 0.3 is 17.7 Å². The number of benzene rings is 2. The summed E-state index contributed by atoms with van der Waals surface area (Å²) in [6, 6.07) is 12.6. The number of aliphatic hydroxyl groups excluding tert-OH is 1. The molecule has 2 fully saturated rings. The second kappa shape index (κ2) is 14.8. The molecule has 0 spiro atoms. The molecule has 43 heavy (non-hydrogen) atoms. The van der Waals surface area contributed by atoms with E-state index in [0.29, 0.717) is 41.3 Å². The second-order valence-corrected chi connectivity index (χ2v) is 12.8. The van der Waals surface area contributed by atoms with Crippen molar-refractivity contribution < 1.29 is 33.6 Å². The van der Waals surface area contributed by atoms with E-state index in [1.165, 1.54) is 25.7 Å². The zero-order chi connectivity index (χ0) is 30.2. The summed E-state index contributed by atoms with van der Waals surface area (Å²) >= 11 is 6.06. The molecule has 3 aliphatic rings. The van der Waals surface area contributed by atoms with Crippen LogP contribution in [0.5, 0.6) is 11.5 Å². The van der Waals surface area contributed by atoms with Gasteiger partial charge in [-0.1, -0.05) is 81.2 Å². The SMILES string of the molecule is CC(Cc1ccc2c(c1)OC(C(=O)OCCC1CCCC1)(C(=O)OCCC1CCCC1)O2)NCC(O)c1cccc(Cl)c1. The Morgan fingerprint density at radius 1 is 0.930 bits per heavy atom. The van der Waals surface area contributed by atoms with Crippen molar-refractivity contribution in [3.05, 3.63) is 58.6 Å². The summed E-state index contributed by atoms with van der Waals surface area (Å²) in [6.07, 6.45) is 10.8. The zero-order valence-corrected chi connectivity index (χ0v) is 25.8. The molecule has 5 rings (SSSR count). The van der Waals surface area contributed by atoms with Gasteiger partial charge in [-0.25, -0.2) is 9.59 Å². The van der Waals surface area contributed by atoms with Crippen molar-refractivity contribution in [2.45, 2.75) is 95.5 Å². The third-order valence-electron chi connectivity index (χ3n) is 8.96. The lowest BCUT2D eigenvalue weighted by atomic mass is 10.1. The summed E-state index contributed by atoms with van der Waals surface area (Å²) in [5, 5.41) is 14.5. The van der Waals surface area contributed by atoms with E-state index in [4.69, 9.17) is 30.5 Å². The van der Waals surface area contributed by atoms with Gasteiger partial charge in [-0.2, -0.15) is 0 Å². The molecule has 2 aliphatic carbocycles. The maximum atomic E-state index is 13.4. The Balaban J connectivity index is 1.20. The maximum absolute atomic E-state index is 13.4. The molecule has 0 aromatic heterocycles. The Kier molecular flexibility index (Phi) is 10.9. The third kappa shape index (κ3) is 8.22. The number of carbonyl (C=O) groups excluding carboxylic acids is 2. The van der Waals surface area contributed by atoms with Gasteiger partial charge in [0.05, 0.1) is 19.3 Å². The molecule has 2 atom stereocenters. The highest BCUT2D eigenvalue weighted by Gasteiger charge is 2.60. The Bertz CT molecular complexity index is 1210. The average molecular weight is 614 g/mol. The highest BCUT2D eigenvalue weighted by Crippen LogP contribution is 2.42. The highest BCUT2D eigenvalue weighted by atomic mass is 35.5. The number of ether oxygens (including phenoxy) is 4. The van der Waals surface area contributed by atoms with Crippen LogP contribution in [0.1, 0.15) is 88.4 Å². The number of aliphatic hydroxyl groups is 1. The van der Waals surface area contributed by atoms with E-state index < -0.39 is 23.8 Å². The fourth-order valence-electron chi connectivity index (χ4n) is 6.42. The molecule has 2 aromatic carbocycles. The van der Waals surface area contributed by atoms with Gasteiger partial charge < -0.3 is 29.4 Å². The number of fused-ring (bicyclic) bond motifs is 1. The Labute approximate surface area is 259 Å². The monoisotopic (exact) mass is 613 g/mol. The molecule has 1 aliphatic heterocycles. The van der Waals surface area contributed by atoms with Crippen LogP contribution >= 0.6 is 11.6 Å². The van der Waals surface area contributed by atoms with Crippen LogP contribution in [-0.4, -0.2) is 48.6 Å². The maximum Gasteiger partial charge on any atom is 0.453 e. The number of carbonyl (C=O) groups is 2. The first kappa shape index (κ1) is 31.6. The summed E-state index contributed by atoms with van der Waals surface area (Å²) in [6.45, 7) is 2.79. The summed E-state index contributed by atoms with van der Waals surface area (Å²) in [5.74, 6) is -2.40. The molecule has 9 heteroatoms. The number of esters is 2. The molecule has 0 amide bonds. The van der Waals surface area contributed by atoms with Crippen molar-refractivity contribution in [3.63, 3.8) is 0 Å². The third-order valence-corrected chi connectivity index (χ3v) is 9.19. The number of hydrogen-bond donors (Lipinski definition) is 2. The standard InChI is InChI=1S/C34H44ClNO7/c1-23(36-22-29(37)27-11-6-12-28(35)21-27)19-26-13-14-30-31(20-26)43-34(42-30,32(38)40-17-15-24-7-2-3-8-24)33(39)41-18-16-25-9-4-5-10-25/h6,11-14,20-21,23-25,29,36-37H,2-5,7-10,15-19,22H2,1H3. The van der Waals surface area contributed by atoms with Crippen molar-refractivity contribution in [2.75, 3.05) is 19.8 Å². The van der Waals surface area contributed by atoms with E-state index in [9.17, 15) is 14.7 Å². The predicted molar refractivity (Wildman–Crippen MR) is 163 cm³/mol. The van der Waals surface area contributed by atoms with Crippen LogP contribution in [0.4, 0.5) is 0 Å². The van der Waals surface area contributed by atoms with Crippen LogP contribution < -0.4 is 14.8 Å². The molecule has 0 radical (unpaired) electrons. The van der Waals surface area contributed by atoms with Crippen LogP contribution in [0.25, 0.3) is 0 Å². The molecule has 2 unspecified atom stereocenters. The first-order chi connectivity index (χ1) is 20.8. The fraction of sp³-hybridized carbons (Fsp3) is 0.588. The molecule has 234 valence electrons. The van der Waals surface area contributed by atoms with E-state index >= 15 is 0 Å². The molecular weight excluding hydrogens is 570 g/mol. The van der Waals surface area contributed by atoms with Gasteiger partial charge in [0.25, 0.3) is 0 Å². The summed E-state index contributed by atoms with van der Waals surface area (Å²) in [4.78, 5) is 26.8. The Morgan fingerprint density at radius 3 is 2.14 bits per heavy atom. The van der Waals surface area contributed by atoms with Crippen molar-refractivity contribution in [1.29, 1.82) is 0 Å². The zero-order valence-electron chi connectivity index (χ0n) is 25.0.